The summed E-state index contributed by atoms with van der Waals surface area (Å²) < 4.78 is 15.4. The van der Waals surface area contributed by atoms with Crippen LogP contribution in [0.25, 0.3) is 17.3 Å². The van der Waals surface area contributed by atoms with Crippen molar-refractivity contribution in [2.24, 2.45) is 11.3 Å². The Balaban J connectivity index is 1.73. The van der Waals surface area contributed by atoms with Gasteiger partial charge in [-0.2, -0.15) is 0 Å². The average Bonchev–Trinajstić information content (AvgIpc) is 3.01. The fraction of sp³-hybridized carbons (Fsp3) is 0.409. The molecule has 0 unspecified atom stereocenters. The lowest BCUT2D eigenvalue weighted by atomic mass is 9.61. The molecule has 3 nitrogen and oxygen atoms in total. The maximum atomic E-state index is 13.3. The van der Waals surface area contributed by atoms with Crippen LogP contribution in [0.1, 0.15) is 38.3 Å². The zero-order chi connectivity index (χ0) is 18.3. The Morgan fingerprint density at radius 2 is 2.19 bits per heavy atom. The maximum Gasteiger partial charge on any atom is 0.123 e. The largest absolute Gasteiger partial charge is 0.392 e. The third-order valence-corrected chi connectivity index (χ3v) is 6.19. The van der Waals surface area contributed by atoms with Gasteiger partial charge in [0.05, 0.1) is 23.8 Å². The highest BCUT2D eigenvalue weighted by molar-refractivity contribution is 5.72. The van der Waals surface area contributed by atoms with Crippen molar-refractivity contribution < 1.29 is 9.50 Å². The molecule has 26 heavy (non-hydrogen) atoms. The molecule has 0 amide bonds. The van der Waals surface area contributed by atoms with E-state index >= 15 is 0 Å². The highest BCUT2D eigenvalue weighted by Gasteiger charge is 2.45. The molecule has 1 aromatic heterocycles. The van der Waals surface area contributed by atoms with Gasteiger partial charge in [-0.15, -0.1) is 6.58 Å². The van der Waals surface area contributed by atoms with Gasteiger partial charge in [0.25, 0.3) is 0 Å². The smallest absolute Gasteiger partial charge is 0.123 e. The number of benzene rings is 1. The van der Waals surface area contributed by atoms with E-state index in [-0.39, 0.29) is 23.3 Å². The van der Waals surface area contributed by atoms with Crippen molar-refractivity contribution in [2.45, 2.75) is 45.3 Å². The fourth-order valence-corrected chi connectivity index (χ4v) is 4.78. The first kappa shape index (κ1) is 17.2. The van der Waals surface area contributed by atoms with Gasteiger partial charge in [0.2, 0.25) is 0 Å². The fourth-order valence-electron chi connectivity index (χ4n) is 4.78. The van der Waals surface area contributed by atoms with Gasteiger partial charge < -0.3 is 9.67 Å². The molecule has 0 spiro atoms. The monoisotopic (exact) mass is 352 g/mol. The summed E-state index contributed by atoms with van der Waals surface area (Å²) in [6.45, 7) is 6.88. The molecule has 0 saturated heterocycles. The van der Waals surface area contributed by atoms with Crippen LogP contribution in [0.15, 0.2) is 48.8 Å². The van der Waals surface area contributed by atoms with E-state index in [1.54, 1.807) is 12.1 Å². The molecule has 1 fully saturated rings. The van der Waals surface area contributed by atoms with Crippen molar-refractivity contribution in [1.82, 2.24) is 9.55 Å². The lowest BCUT2D eigenvalue weighted by molar-refractivity contribution is 0.0158. The van der Waals surface area contributed by atoms with E-state index in [9.17, 15) is 9.50 Å². The van der Waals surface area contributed by atoms with Gasteiger partial charge in [-0.05, 0) is 61.9 Å². The van der Waals surface area contributed by atoms with E-state index in [2.05, 4.69) is 29.1 Å². The molecule has 2 aromatic rings. The number of hydrogen-bond acceptors (Lipinski definition) is 2. The number of fused-ring (bicyclic) bond motifs is 2. The van der Waals surface area contributed by atoms with Crippen LogP contribution in [0, 0.1) is 17.2 Å². The van der Waals surface area contributed by atoms with Gasteiger partial charge in [0, 0.05) is 17.5 Å². The predicted octanol–water partition coefficient (Wildman–Crippen LogP) is 4.83. The number of aliphatic hydroxyl groups excluding tert-OH is 1. The molecule has 1 aliphatic heterocycles. The Hall–Kier alpha value is -2.20. The Bertz CT molecular complexity index is 852. The summed E-state index contributed by atoms with van der Waals surface area (Å²) >= 11 is 0. The second-order valence-electron chi connectivity index (χ2n) is 7.79. The number of aliphatic hydroxyl groups is 1. The molecule has 1 N–H and O–H groups in total. The minimum Gasteiger partial charge on any atom is -0.392 e. The second-order valence-corrected chi connectivity index (χ2v) is 7.79. The minimum atomic E-state index is -0.358. The molecule has 136 valence electrons. The normalized spacial score (nSPS) is 25.8. The van der Waals surface area contributed by atoms with Gasteiger partial charge in [-0.1, -0.05) is 18.6 Å². The first-order valence-electron chi connectivity index (χ1n) is 9.34. The SMILES string of the molecule is C=CC[C@@H](O)[C@H]1CCCC2=Cc3c(-c4ccc(F)cc4)ncn3C[C@@]21C. The zero-order valence-electron chi connectivity index (χ0n) is 15.2. The van der Waals surface area contributed by atoms with E-state index in [4.69, 9.17) is 0 Å². The first-order valence-corrected chi connectivity index (χ1v) is 9.34. The zero-order valence-corrected chi connectivity index (χ0v) is 15.2. The molecule has 3 atom stereocenters. The molecule has 1 aliphatic carbocycles. The molecule has 2 aliphatic rings. The quantitative estimate of drug-likeness (QED) is 0.801. The Morgan fingerprint density at radius 3 is 2.92 bits per heavy atom. The molecule has 0 radical (unpaired) electrons. The highest BCUT2D eigenvalue weighted by atomic mass is 19.1. The van der Waals surface area contributed by atoms with Gasteiger partial charge in [0.1, 0.15) is 5.82 Å². The summed E-state index contributed by atoms with van der Waals surface area (Å²) in [5.41, 5.74) is 4.25. The van der Waals surface area contributed by atoms with E-state index < -0.39 is 0 Å². The molecular weight excluding hydrogens is 327 g/mol. The Kier molecular flexibility index (Phi) is 4.31. The molecule has 0 bridgehead atoms. The van der Waals surface area contributed by atoms with E-state index in [1.807, 2.05) is 12.4 Å². The maximum absolute atomic E-state index is 13.3. The second kappa shape index (κ2) is 6.51. The summed E-state index contributed by atoms with van der Waals surface area (Å²) in [5.74, 6) is -0.00981. The summed E-state index contributed by atoms with van der Waals surface area (Å²) in [4.78, 5) is 4.61. The highest BCUT2D eigenvalue weighted by Crippen LogP contribution is 2.51. The molecule has 1 aromatic carbocycles. The minimum absolute atomic E-state index is 0.0611. The van der Waals surface area contributed by atoms with E-state index in [0.29, 0.717) is 6.42 Å². The van der Waals surface area contributed by atoms with E-state index in [0.717, 1.165) is 42.8 Å². The van der Waals surface area contributed by atoms with Crippen molar-refractivity contribution in [1.29, 1.82) is 0 Å². The molecule has 4 rings (SSSR count). The van der Waals surface area contributed by atoms with Crippen LogP contribution in [0.3, 0.4) is 0 Å². The number of halogens is 1. The predicted molar refractivity (Wildman–Crippen MR) is 102 cm³/mol. The molecule has 2 heterocycles. The van der Waals surface area contributed by atoms with Crippen LogP contribution in [0.4, 0.5) is 4.39 Å². The van der Waals surface area contributed by atoms with Gasteiger partial charge >= 0.3 is 0 Å². The number of hydrogen-bond donors (Lipinski definition) is 1. The lowest BCUT2D eigenvalue weighted by Crippen LogP contribution is -2.44. The molecular formula is C22H25FN2O. The van der Waals surface area contributed by atoms with Crippen LogP contribution in [-0.4, -0.2) is 20.8 Å². The number of allylic oxidation sites excluding steroid dienone is 1. The van der Waals surface area contributed by atoms with E-state index in [1.165, 1.54) is 17.7 Å². The Labute approximate surface area is 153 Å². The number of imidazole rings is 1. The molecule has 1 saturated carbocycles. The van der Waals surface area contributed by atoms with Crippen LogP contribution in [0.5, 0.6) is 0 Å². The average molecular weight is 352 g/mol. The van der Waals surface area contributed by atoms with Crippen LogP contribution < -0.4 is 0 Å². The number of nitrogens with zero attached hydrogens (tertiary/aromatic N) is 2. The van der Waals surface area contributed by atoms with Crippen LogP contribution >= 0.6 is 0 Å². The van der Waals surface area contributed by atoms with Crippen molar-refractivity contribution in [3.63, 3.8) is 0 Å². The van der Waals surface area contributed by atoms with Crippen molar-refractivity contribution in [3.05, 3.63) is 60.3 Å². The third kappa shape index (κ3) is 2.73. The summed E-state index contributed by atoms with van der Waals surface area (Å²) in [5, 5.41) is 10.7. The number of aromatic nitrogens is 2. The van der Waals surface area contributed by atoms with Crippen LogP contribution in [0.2, 0.25) is 0 Å². The van der Waals surface area contributed by atoms with Gasteiger partial charge in [-0.3, -0.25) is 0 Å². The summed E-state index contributed by atoms with van der Waals surface area (Å²) in [7, 11) is 0. The topological polar surface area (TPSA) is 38.1 Å². The van der Waals surface area contributed by atoms with Crippen LogP contribution in [-0.2, 0) is 6.54 Å². The first-order chi connectivity index (χ1) is 12.5. The van der Waals surface area contributed by atoms with Crippen molar-refractivity contribution >= 4 is 6.08 Å². The van der Waals surface area contributed by atoms with Gasteiger partial charge in [-0.25, -0.2) is 9.37 Å². The lowest BCUT2D eigenvalue weighted by Gasteiger charge is -2.48. The van der Waals surface area contributed by atoms with Crippen molar-refractivity contribution in [2.75, 3.05) is 0 Å². The summed E-state index contributed by atoms with van der Waals surface area (Å²) in [6.07, 6.45) is 9.40. The summed E-state index contributed by atoms with van der Waals surface area (Å²) in [6, 6.07) is 6.51. The third-order valence-electron chi connectivity index (χ3n) is 6.19. The van der Waals surface area contributed by atoms with Crippen molar-refractivity contribution in [3.8, 4) is 11.3 Å². The van der Waals surface area contributed by atoms with Gasteiger partial charge in [0.15, 0.2) is 0 Å². The number of rotatable bonds is 4. The standard InChI is InChI=1S/C22H25FN2O/c1-3-5-20(26)18-7-4-6-16-12-19-21(15-8-10-17(23)11-9-15)24-14-25(19)13-22(16,18)2/h3,8-12,14,18,20,26H,1,4-7,13H2,2H3/t18-,20-,22+/m1/s1. The molecule has 4 heteroatoms. The Morgan fingerprint density at radius 1 is 1.42 bits per heavy atom.